The van der Waals surface area contributed by atoms with Crippen LogP contribution >= 0.6 is 0 Å². The van der Waals surface area contributed by atoms with Crippen LogP contribution in [-0.2, 0) is 0 Å². The molecule has 0 atom stereocenters. The Kier molecular flexibility index (Phi) is 5.56. The highest BCUT2D eigenvalue weighted by Gasteiger charge is 2.08. The fraction of sp³-hybridized carbons (Fsp3) is 0.125. The predicted molar refractivity (Wildman–Crippen MR) is 87.6 cm³/mol. The first-order valence-electron chi connectivity index (χ1n) is 6.52. The van der Waals surface area contributed by atoms with Crippen LogP contribution in [0.2, 0.25) is 0 Å². The molecule has 0 aliphatic carbocycles. The molecule has 0 radical (unpaired) electrons. The topological polar surface area (TPSA) is 121 Å². The van der Waals surface area contributed by atoms with Crippen molar-refractivity contribution in [2.75, 3.05) is 5.32 Å². The Hall–Kier alpha value is -2.77. The van der Waals surface area contributed by atoms with Crippen molar-refractivity contribution in [3.05, 3.63) is 53.6 Å². The molecule has 122 valence electrons. The van der Waals surface area contributed by atoms with E-state index in [2.05, 4.69) is 15.3 Å². The zero-order chi connectivity index (χ0) is 15.0. The van der Waals surface area contributed by atoms with Gasteiger partial charge in [-0.15, -0.1) is 0 Å². The number of nitrogens with zero attached hydrogens (tertiary/aromatic N) is 2. The maximum atomic E-state index is 13.4. The second-order valence-electron chi connectivity index (χ2n) is 4.97. The van der Waals surface area contributed by atoms with Crippen molar-refractivity contribution in [2.24, 2.45) is 0 Å². The van der Waals surface area contributed by atoms with Crippen LogP contribution in [0.15, 0.2) is 36.7 Å². The van der Waals surface area contributed by atoms with Crippen LogP contribution in [0.4, 0.5) is 15.9 Å². The van der Waals surface area contributed by atoms with Gasteiger partial charge in [0.1, 0.15) is 12.1 Å². The van der Waals surface area contributed by atoms with Gasteiger partial charge in [0, 0.05) is 17.1 Å². The van der Waals surface area contributed by atoms with E-state index in [1.165, 1.54) is 18.5 Å². The number of fused-ring (bicyclic) bond motifs is 1. The minimum atomic E-state index is -0.676. The van der Waals surface area contributed by atoms with Crippen molar-refractivity contribution >= 4 is 22.4 Å². The van der Waals surface area contributed by atoms with Crippen LogP contribution < -0.4 is 5.32 Å². The first-order chi connectivity index (χ1) is 10.0. The number of phenolic OH excluding ortho intramolecular Hbond substituents is 1. The molecule has 23 heavy (non-hydrogen) atoms. The Morgan fingerprint density at radius 2 is 1.70 bits per heavy atom. The second kappa shape index (κ2) is 6.99. The Bertz CT molecular complexity index is 840. The third-order valence-corrected chi connectivity index (χ3v) is 3.46. The summed E-state index contributed by atoms with van der Waals surface area (Å²) in [5, 5.41) is 13.1. The summed E-state index contributed by atoms with van der Waals surface area (Å²) < 4.78 is 13.4. The Morgan fingerprint density at radius 3 is 2.39 bits per heavy atom. The maximum absolute atomic E-state index is 13.4. The minimum absolute atomic E-state index is 0. The number of nitrogens with one attached hydrogen (secondary N) is 1. The van der Waals surface area contributed by atoms with E-state index in [1.807, 2.05) is 26.0 Å². The number of aromatic nitrogens is 2. The summed E-state index contributed by atoms with van der Waals surface area (Å²) in [4.78, 5) is 8.47. The van der Waals surface area contributed by atoms with Crippen LogP contribution in [-0.4, -0.2) is 26.0 Å². The summed E-state index contributed by atoms with van der Waals surface area (Å²) in [6, 6.07) is 8.12. The fourth-order valence-corrected chi connectivity index (χ4v) is 2.14. The number of hydrogen-bond donors (Lipinski definition) is 2. The van der Waals surface area contributed by atoms with Crippen LogP contribution in [0.25, 0.3) is 10.9 Å². The van der Waals surface area contributed by atoms with E-state index < -0.39 is 5.82 Å². The Morgan fingerprint density at radius 1 is 1.00 bits per heavy atom. The number of benzene rings is 2. The SMILES string of the molecule is Cc1cc2ncnc(Nc3ccc(O)c(F)c3)c2cc1C.O.O. The highest BCUT2D eigenvalue weighted by Crippen LogP contribution is 2.27. The van der Waals surface area contributed by atoms with Gasteiger partial charge in [-0.05, 0) is 49.2 Å². The molecule has 0 amide bonds. The van der Waals surface area contributed by atoms with Gasteiger partial charge in [0.15, 0.2) is 11.6 Å². The average molecular weight is 319 g/mol. The quantitative estimate of drug-likeness (QED) is 0.703. The van der Waals surface area contributed by atoms with Crippen molar-refractivity contribution in [3.63, 3.8) is 0 Å². The monoisotopic (exact) mass is 319 g/mol. The fourth-order valence-electron chi connectivity index (χ4n) is 2.14. The van der Waals surface area contributed by atoms with E-state index in [9.17, 15) is 9.50 Å². The zero-order valence-electron chi connectivity index (χ0n) is 12.7. The summed E-state index contributed by atoms with van der Waals surface area (Å²) in [7, 11) is 0. The largest absolute Gasteiger partial charge is 0.505 e. The van der Waals surface area contributed by atoms with E-state index in [0.717, 1.165) is 22.0 Å². The summed E-state index contributed by atoms with van der Waals surface area (Å²) in [5.41, 5.74) is 3.64. The standard InChI is InChI=1S/C16H14FN3O.2H2O/c1-9-5-12-14(6-10(9)2)18-8-19-16(12)20-11-3-4-15(21)13(17)7-11;;/h3-8,21H,1-2H3,(H,18,19,20);2*1H2. The number of rotatable bonds is 2. The summed E-state index contributed by atoms with van der Waals surface area (Å²) in [6.07, 6.45) is 1.47. The van der Waals surface area contributed by atoms with Gasteiger partial charge in [-0.2, -0.15) is 0 Å². The molecule has 0 spiro atoms. The lowest BCUT2D eigenvalue weighted by atomic mass is 10.1. The van der Waals surface area contributed by atoms with E-state index in [-0.39, 0.29) is 16.7 Å². The zero-order valence-corrected chi connectivity index (χ0v) is 12.7. The van der Waals surface area contributed by atoms with E-state index in [0.29, 0.717) is 11.5 Å². The van der Waals surface area contributed by atoms with Crippen molar-refractivity contribution in [2.45, 2.75) is 13.8 Å². The van der Waals surface area contributed by atoms with Gasteiger partial charge >= 0.3 is 0 Å². The van der Waals surface area contributed by atoms with Crippen molar-refractivity contribution in [3.8, 4) is 5.75 Å². The van der Waals surface area contributed by atoms with Gasteiger partial charge in [-0.25, -0.2) is 14.4 Å². The molecule has 0 aliphatic heterocycles. The van der Waals surface area contributed by atoms with Crippen LogP contribution in [0.5, 0.6) is 5.75 Å². The predicted octanol–water partition coefficient (Wildman–Crippen LogP) is 2.19. The van der Waals surface area contributed by atoms with E-state index >= 15 is 0 Å². The van der Waals surface area contributed by atoms with Crippen molar-refractivity contribution in [1.29, 1.82) is 0 Å². The van der Waals surface area contributed by atoms with Gasteiger partial charge in [0.05, 0.1) is 5.52 Å². The molecule has 0 saturated carbocycles. The van der Waals surface area contributed by atoms with Crippen molar-refractivity contribution < 1.29 is 20.4 Å². The molecule has 3 aromatic rings. The molecule has 0 saturated heterocycles. The highest BCUT2D eigenvalue weighted by molar-refractivity contribution is 5.91. The lowest BCUT2D eigenvalue weighted by Gasteiger charge is -2.10. The molecule has 6 N–H and O–H groups in total. The van der Waals surface area contributed by atoms with Gasteiger partial charge in [-0.1, -0.05) is 0 Å². The van der Waals surface area contributed by atoms with Crippen LogP contribution in [0.3, 0.4) is 0 Å². The third-order valence-electron chi connectivity index (χ3n) is 3.46. The molecule has 0 fully saturated rings. The van der Waals surface area contributed by atoms with Gasteiger partial charge < -0.3 is 21.4 Å². The number of aromatic hydroxyl groups is 1. The number of phenols is 1. The van der Waals surface area contributed by atoms with Crippen molar-refractivity contribution in [1.82, 2.24) is 9.97 Å². The molecule has 0 aliphatic rings. The molecule has 0 unspecified atom stereocenters. The normalized spacial score (nSPS) is 9.87. The summed E-state index contributed by atoms with van der Waals surface area (Å²) >= 11 is 0. The second-order valence-corrected chi connectivity index (χ2v) is 4.97. The molecular formula is C16H18FN3O3. The molecule has 2 aromatic carbocycles. The van der Waals surface area contributed by atoms with Gasteiger partial charge in [0.25, 0.3) is 0 Å². The molecule has 1 heterocycles. The number of anilines is 2. The molecule has 7 heteroatoms. The number of halogens is 1. The summed E-state index contributed by atoms with van der Waals surface area (Å²) in [6.45, 7) is 4.05. The molecule has 3 rings (SSSR count). The number of aryl methyl sites for hydroxylation is 2. The maximum Gasteiger partial charge on any atom is 0.166 e. The van der Waals surface area contributed by atoms with Crippen LogP contribution in [0.1, 0.15) is 11.1 Å². The lowest BCUT2D eigenvalue weighted by Crippen LogP contribution is -1.97. The lowest BCUT2D eigenvalue weighted by molar-refractivity contribution is 0.432. The van der Waals surface area contributed by atoms with E-state index in [4.69, 9.17) is 0 Å². The molecule has 0 bridgehead atoms. The average Bonchev–Trinajstić information content (AvgIpc) is 2.45. The highest BCUT2D eigenvalue weighted by atomic mass is 19.1. The first kappa shape index (κ1) is 18.3. The van der Waals surface area contributed by atoms with Gasteiger partial charge in [-0.3, -0.25) is 0 Å². The third kappa shape index (κ3) is 3.53. The Balaban J connectivity index is 0.00000132. The van der Waals surface area contributed by atoms with Crippen LogP contribution in [0, 0.1) is 19.7 Å². The Labute approximate surface area is 132 Å². The smallest absolute Gasteiger partial charge is 0.166 e. The molecule has 6 nitrogen and oxygen atoms in total. The minimum Gasteiger partial charge on any atom is -0.505 e. The first-order valence-corrected chi connectivity index (χ1v) is 6.52. The number of hydrogen-bond acceptors (Lipinski definition) is 4. The van der Waals surface area contributed by atoms with E-state index in [1.54, 1.807) is 6.07 Å². The summed E-state index contributed by atoms with van der Waals surface area (Å²) in [5.74, 6) is -0.446. The molecular weight excluding hydrogens is 301 g/mol. The van der Waals surface area contributed by atoms with Gasteiger partial charge in [0.2, 0.25) is 0 Å². The molecule has 1 aromatic heterocycles.